The third-order valence-electron chi connectivity index (χ3n) is 4.77. The number of halogens is 1. The largest absolute Gasteiger partial charge is 0.375 e. The van der Waals surface area contributed by atoms with Crippen molar-refractivity contribution in [3.05, 3.63) is 41.2 Å². The lowest BCUT2D eigenvalue weighted by atomic mass is 9.90. The molecule has 0 saturated carbocycles. The second-order valence-corrected chi connectivity index (χ2v) is 7.42. The van der Waals surface area contributed by atoms with Crippen molar-refractivity contribution < 1.29 is 9.53 Å². The Kier molecular flexibility index (Phi) is 6.29. The fourth-order valence-corrected chi connectivity index (χ4v) is 3.62. The van der Waals surface area contributed by atoms with Crippen LogP contribution in [0.1, 0.15) is 24.5 Å². The molecule has 1 fully saturated rings. The van der Waals surface area contributed by atoms with Gasteiger partial charge in [-0.2, -0.15) is 0 Å². The molecule has 1 amide bonds. The molecule has 27 heavy (non-hydrogen) atoms. The minimum Gasteiger partial charge on any atom is -0.375 e. The summed E-state index contributed by atoms with van der Waals surface area (Å²) < 4.78 is 5.02. The van der Waals surface area contributed by atoms with Gasteiger partial charge in [0.25, 0.3) is 0 Å². The van der Waals surface area contributed by atoms with Crippen molar-refractivity contribution in [1.82, 2.24) is 14.9 Å². The lowest BCUT2D eigenvalue weighted by Crippen LogP contribution is -2.41. The molecule has 0 aliphatic carbocycles. The van der Waals surface area contributed by atoms with Gasteiger partial charge in [-0.25, -0.2) is 9.97 Å². The molecule has 1 aromatic carbocycles. The van der Waals surface area contributed by atoms with E-state index < -0.39 is 0 Å². The van der Waals surface area contributed by atoms with Gasteiger partial charge in [0.05, 0.1) is 5.69 Å². The van der Waals surface area contributed by atoms with Gasteiger partial charge in [-0.05, 0) is 30.5 Å². The predicted molar refractivity (Wildman–Crippen MR) is 107 cm³/mol. The molecule has 1 saturated heterocycles. The van der Waals surface area contributed by atoms with Crippen LogP contribution >= 0.6 is 11.6 Å². The van der Waals surface area contributed by atoms with Crippen molar-refractivity contribution in [3.63, 3.8) is 0 Å². The van der Waals surface area contributed by atoms with E-state index >= 15 is 0 Å². The molecule has 1 atom stereocenters. The molecule has 6 nitrogen and oxygen atoms in total. The number of methoxy groups -OCH3 is 1. The SMILES string of the molecule is COCC(=O)N1CCCC(c2nc(N(C)C)ncc2-c2cccc(Cl)c2)C1. The van der Waals surface area contributed by atoms with Gasteiger partial charge in [-0.15, -0.1) is 0 Å². The Morgan fingerprint density at radius 3 is 2.93 bits per heavy atom. The van der Waals surface area contributed by atoms with Crippen molar-refractivity contribution in [3.8, 4) is 11.1 Å². The molecule has 0 bridgehead atoms. The summed E-state index contributed by atoms with van der Waals surface area (Å²) in [5.41, 5.74) is 2.92. The molecule has 1 aliphatic heterocycles. The summed E-state index contributed by atoms with van der Waals surface area (Å²) >= 11 is 6.20. The average Bonchev–Trinajstić information content (AvgIpc) is 2.68. The van der Waals surface area contributed by atoms with Gasteiger partial charge >= 0.3 is 0 Å². The quantitative estimate of drug-likeness (QED) is 0.787. The van der Waals surface area contributed by atoms with Crippen molar-refractivity contribution in [2.75, 3.05) is 45.8 Å². The number of benzene rings is 1. The normalized spacial score (nSPS) is 17.0. The van der Waals surface area contributed by atoms with Gasteiger partial charge < -0.3 is 14.5 Å². The molecule has 3 rings (SSSR count). The van der Waals surface area contributed by atoms with Gasteiger partial charge in [0.1, 0.15) is 6.61 Å². The fourth-order valence-electron chi connectivity index (χ4n) is 3.43. The Balaban J connectivity index is 1.99. The smallest absolute Gasteiger partial charge is 0.248 e. The Morgan fingerprint density at radius 1 is 1.41 bits per heavy atom. The van der Waals surface area contributed by atoms with E-state index in [4.69, 9.17) is 21.3 Å². The number of amides is 1. The molecule has 1 aromatic heterocycles. The van der Waals surface area contributed by atoms with Crippen molar-refractivity contribution in [1.29, 1.82) is 0 Å². The zero-order valence-corrected chi connectivity index (χ0v) is 16.7. The number of anilines is 1. The number of hydrogen-bond acceptors (Lipinski definition) is 5. The molecule has 144 valence electrons. The topological polar surface area (TPSA) is 58.6 Å². The van der Waals surface area contributed by atoms with Crippen LogP contribution in [0.5, 0.6) is 0 Å². The Bertz CT molecular complexity index is 812. The van der Waals surface area contributed by atoms with Crippen LogP contribution in [0.15, 0.2) is 30.5 Å². The summed E-state index contributed by atoms with van der Waals surface area (Å²) in [5, 5.41) is 0.677. The average molecular weight is 389 g/mol. The number of aromatic nitrogens is 2. The number of hydrogen-bond donors (Lipinski definition) is 0. The zero-order valence-electron chi connectivity index (χ0n) is 16.0. The van der Waals surface area contributed by atoms with Crippen LogP contribution in [0.2, 0.25) is 5.02 Å². The van der Waals surface area contributed by atoms with Crippen molar-refractivity contribution >= 4 is 23.5 Å². The Morgan fingerprint density at radius 2 is 2.22 bits per heavy atom. The molecule has 2 aromatic rings. The van der Waals surface area contributed by atoms with E-state index in [0.29, 0.717) is 17.5 Å². The highest BCUT2D eigenvalue weighted by Gasteiger charge is 2.28. The highest BCUT2D eigenvalue weighted by molar-refractivity contribution is 6.30. The first-order chi connectivity index (χ1) is 13.0. The molecule has 2 heterocycles. The van der Waals surface area contributed by atoms with Crippen LogP contribution in [-0.2, 0) is 9.53 Å². The lowest BCUT2D eigenvalue weighted by molar-refractivity contribution is -0.136. The van der Waals surface area contributed by atoms with Crippen LogP contribution in [-0.4, -0.2) is 61.7 Å². The third kappa shape index (κ3) is 4.57. The second kappa shape index (κ2) is 8.67. The number of rotatable bonds is 5. The van der Waals surface area contributed by atoms with Gasteiger partial charge in [-0.3, -0.25) is 4.79 Å². The van der Waals surface area contributed by atoms with E-state index in [2.05, 4.69) is 4.98 Å². The molecule has 1 aliphatic rings. The minimum absolute atomic E-state index is 0.0217. The third-order valence-corrected chi connectivity index (χ3v) is 5.00. The van der Waals surface area contributed by atoms with Crippen LogP contribution < -0.4 is 4.90 Å². The van der Waals surface area contributed by atoms with Crippen LogP contribution in [0.4, 0.5) is 5.95 Å². The number of carbonyl (C=O) groups is 1. The zero-order chi connectivity index (χ0) is 19.4. The van der Waals surface area contributed by atoms with Crippen LogP contribution in [0.25, 0.3) is 11.1 Å². The number of piperidine rings is 1. The summed E-state index contributed by atoms with van der Waals surface area (Å²) in [5.74, 6) is 0.833. The maximum absolute atomic E-state index is 12.3. The van der Waals surface area contributed by atoms with E-state index in [1.54, 1.807) is 7.11 Å². The molecular weight excluding hydrogens is 364 g/mol. The summed E-state index contributed by atoms with van der Waals surface area (Å²) in [4.78, 5) is 25.4. The van der Waals surface area contributed by atoms with E-state index in [9.17, 15) is 4.79 Å². The first-order valence-electron chi connectivity index (χ1n) is 9.06. The summed E-state index contributed by atoms with van der Waals surface area (Å²) in [6.45, 7) is 1.51. The Labute approximate surface area is 165 Å². The fraction of sp³-hybridized carbons (Fsp3) is 0.450. The highest BCUT2D eigenvalue weighted by Crippen LogP contribution is 2.34. The monoisotopic (exact) mass is 388 g/mol. The molecule has 0 spiro atoms. The van der Waals surface area contributed by atoms with Gasteiger partial charge in [0.15, 0.2) is 0 Å². The number of ether oxygens (including phenoxy) is 1. The van der Waals surface area contributed by atoms with Crippen LogP contribution in [0.3, 0.4) is 0 Å². The van der Waals surface area contributed by atoms with Gasteiger partial charge in [-0.1, -0.05) is 23.7 Å². The Hall–Kier alpha value is -2.18. The minimum atomic E-state index is 0.0217. The molecule has 7 heteroatoms. The summed E-state index contributed by atoms with van der Waals surface area (Å²) in [6.07, 6.45) is 3.78. The summed E-state index contributed by atoms with van der Waals surface area (Å²) in [7, 11) is 5.39. The first-order valence-corrected chi connectivity index (χ1v) is 9.44. The van der Waals surface area contributed by atoms with E-state index in [1.165, 1.54) is 0 Å². The van der Waals surface area contributed by atoms with Gasteiger partial charge in [0.2, 0.25) is 11.9 Å². The molecule has 0 N–H and O–H groups in total. The number of carbonyl (C=O) groups excluding carboxylic acids is 1. The maximum atomic E-state index is 12.3. The molecule has 0 radical (unpaired) electrons. The maximum Gasteiger partial charge on any atom is 0.248 e. The van der Waals surface area contributed by atoms with Gasteiger partial charge in [0, 0.05) is 57.0 Å². The first kappa shape index (κ1) is 19.6. The molecular formula is C20H25ClN4O2. The van der Waals surface area contributed by atoms with Crippen molar-refractivity contribution in [2.24, 2.45) is 0 Å². The van der Waals surface area contributed by atoms with E-state index in [-0.39, 0.29) is 18.4 Å². The van der Waals surface area contributed by atoms with E-state index in [1.807, 2.05) is 54.4 Å². The van der Waals surface area contributed by atoms with Crippen LogP contribution in [0, 0.1) is 0 Å². The van der Waals surface area contributed by atoms with E-state index in [0.717, 1.165) is 36.2 Å². The summed E-state index contributed by atoms with van der Waals surface area (Å²) in [6, 6.07) is 7.72. The lowest BCUT2D eigenvalue weighted by Gasteiger charge is -2.33. The standard InChI is InChI=1S/C20H25ClN4O2/c1-24(2)20-22-11-17(14-6-4-8-16(21)10-14)19(23-20)15-7-5-9-25(12-15)18(26)13-27-3/h4,6,8,10-11,15H,5,7,9,12-13H2,1-3H3. The second-order valence-electron chi connectivity index (χ2n) is 6.99. The predicted octanol–water partition coefficient (Wildman–Crippen LogP) is 3.22. The number of likely N-dealkylation sites (tertiary alicyclic amines) is 1. The molecule has 1 unspecified atom stereocenters. The highest BCUT2D eigenvalue weighted by atomic mass is 35.5. The van der Waals surface area contributed by atoms with Crippen molar-refractivity contribution in [2.45, 2.75) is 18.8 Å². The number of nitrogens with zero attached hydrogens (tertiary/aromatic N) is 4.